The summed E-state index contributed by atoms with van der Waals surface area (Å²) in [6.07, 6.45) is 6.93. The third-order valence-corrected chi connectivity index (χ3v) is 14.1. The predicted molar refractivity (Wildman–Crippen MR) is 256 cm³/mol. The number of anilines is 5. The molecule has 3 aliphatic rings. The van der Waals surface area contributed by atoms with E-state index in [0.717, 1.165) is 24.2 Å². The zero-order valence-corrected chi connectivity index (χ0v) is 34.0. The van der Waals surface area contributed by atoms with E-state index in [1.807, 2.05) is 0 Å². The number of nitrogens with zero attached hydrogens (tertiary/aromatic N) is 3. The molecule has 2 heterocycles. The molecule has 0 N–H and O–H groups in total. The summed E-state index contributed by atoms with van der Waals surface area (Å²) in [7, 11) is 0. The number of para-hydroxylation sites is 5. The molecule has 3 heteroatoms. The van der Waals surface area contributed by atoms with E-state index >= 15 is 0 Å². The molecule has 10 aromatic rings. The molecule has 0 fully saturated rings. The standard InChI is InChI=1S/C58H43N3/c1-37-47-34-49-42(26-14-27-44(49)56-43(47)28-16-31-52(56)59(38-18-6-2-7-19-38)39-20-8-3-9-21-39)50-36-55-51(35-48(37)50)45-29-15-30-46-57-53(32-17-33-54(57)61(55)58(45)46)60(40-22-10-4-11-23-40)41-24-12-5-13-25-41/h2-30,32-33,35-37,47,52H,31,34H2,1H3. The minimum atomic E-state index is 0.173. The normalized spacial score (nSPS) is 17.8. The second kappa shape index (κ2) is 13.3. The summed E-state index contributed by atoms with van der Waals surface area (Å²) < 4.78 is 2.57. The first kappa shape index (κ1) is 34.5. The van der Waals surface area contributed by atoms with Crippen molar-refractivity contribution in [2.24, 2.45) is 5.92 Å². The van der Waals surface area contributed by atoms with Crippen molar-refractivity contribution in [2.45, 2.75) is 31.7 Å². The average molecular weight is 782 g/mol. The zero-order chi connectivity index (χ0) is 40.2. The quantitative estimate of drug-likeness (QED) is 0.166. The van der Waals surface area contributed by atoms with Gasteiger partial charge in [-0.25, -0.2) is 0 Å². The van der Waals surface area contributed by atoms with Crippen LogP contribution in [0.25, 0.3) is 54.8 Å². The summed E-state index contributed by atoms with van der Waals surface area (Å²) in [6.45, 7) is 2.50. The molecule has 13 rings (SSSR count). The van der Waals surface area contributed by atoms with Gasteiger partial charge in [0.2, 0.25) is 0 Å². The summed E-state index contributed by atoms with van der Waals surface area (Å²) >= 11 is 0. The van der Waals surface area contributed by atoms with E-state index in [9.17, 15) is 0 Å². The Kier molecular flexibility index (Phi) is 7.54. The molecular weight excluding hydrogens is 739 g/mol. The van der Waals surface area contributed by atoms with Crippen LogP contribution in [0, 0.1) is 5.92 Å². The average Bonchev–Trinajstić information content (AvgIpc) is 3.81. The maximum Gasteiger partial charge on any atom is 0.0634 e. The van der Waals surface area contributed by atoms with E-state index in [1.54, 1.807) is 0 Å². The molecule has 8 aromatic carbocycles. The van der Waals surface area contributed by atoms with Gasteiger partial charge in [0, 0.05) is 44.3 Å². The fraction of sp³-hybridized carbons (Fsp3) is 0.103. The summed E-state index contributed by atoms with van der Waals surface area (Å²) in [5.41, 5.74) is 19.9. The highest BCUT2D eigenvalue weighted by Gasteiger charge is 2.41. The van der Waals surface area contributed by atoms with Crippen molar-refractivity contribution >= 4 is 72.1 Å². The van der Waals surface area contributed by atoms with Gasteiger partial charge in [-0.3, -0.25) is 0 Å². The Morgan fingerprint density at radius 2 is 1.13 bits per heavy atom. The minimum absolute atomic E-state index is 0.173. The van der Waals surface area contributed by atoms with E-state index in [1.165, 1.54) is 94.1 Å². The number of hydrogen-bond donors (Lipinski definition) is 0. The lowest BCUT2D eigenvalue weighted by Gasteiger charge is -2.42. The van der Waals surface area contributed by atoms with Crippen LogP contribution in [0.5, 0.6) is 0 Å². The highest BCUT2D eigenvalue weighted by atomic mass is 15.2. The monoisotopic (exact) mass is 781 g/mol. The molecular formula is C58H43N3. The lowest BCUT2D eigenvalue weighted by Crippen LogP contribution is -2.36. The summed E-state index contributed by atoms with van der Waals surface area (Å²) in [5.74, 6) is 0.695. The van der Waals surface area contributed by atoms with Gasteiger partial charge in [0.05, 0.1) is 28.3 Å². The highest BCUT2D eigenvalue weighted by Crippen LogP contribution is 2.55. The molecule has 0 amide bonds. The largest absolute Gasteiger partial charge is 0.334 e. The van der Waals surface area contributed by atoms with Gasteiger partial charge in [-0.2, -0.15) is 0 Å². The van der Waals surface area contributed by atoms with Crippen LogP contribution in [0.1, 0.15) is 36.0 Å². The number of allylic oxidation sites excluding steroid dienone is 2. The maximum atomic E-state index is 2.59. The van der Waals surface area contributed by atoms with Crippen LogP contribution < -0.4 is 9.80 Å². The van der Waals surface area contributed by atoms with Gasteiger partial charge in [-0.15, -0.1) is 0 Å². The predicted octanol–water partition coefficient (Wildman–Crippen LogP) is 15.2. The van der Waals surface area contributed by atoms with Crippen molar-refractivity contribution in [2.75, 3.05) is 9.80 Å². The fourth-order valence-electron chi connectivity index (χ4n) is 11.6. The van der Waals surface area contributed by atoms with Crippen molar-refractivity contribution in [1.82, 2.24) is 4.40 Å². The van der Waals surface area contributed by atoms with Crippen LogP contribution in [0.15, 0.2) is 206 Å². The van der Waals surface area contributed by atoms with Crippen molar-refractivity contribution in [3.8, 4) is 11.1 Å². The summed E-state index contributed by atoms with van der Waals surface area (Å²) in [5, 5.41) is 5.22. The van der Waals surface area contributed by atoms with Crippen LogP contribution in [-0.4, -0.2) is 10.4 Å². The Labute approximate surface area is 356 Å². The molecule has 3 nitrogen and oxygen atoms in total. The molecule has 0 aliphatic heterocycles. The van der Waals surface area contributed by atoms with Gasteiger partial charge in [0.25, 0.3) is 0 Å². The Hall–Kier alpha value is -7.36. The van der Waals surface area contributed by atoms with E-state index in [2.05, 4.69) is 221 Å². The number of fused-ring (bicyclic) bond motifs is 11. The fourth-order valence-corrected chi connectivity index (χ4v) is 11.6. The topological polar surface area (TPSA) is 10.9 Å². The van der Waals surface area contributed by atoms with E-state index in [-0.39, 0.29) is 6.04 Å². The van der Waals surface area contributed by atoms with Crippen molar-refractivity contribution < 1.29 is 0 Å². The number of aromatic nitrogens is 1. The first-order valence-electron chi connectivity index (χ1n) is 21.8. The molecule has 0 saturated carbocycles. The Morgan fingerprint density at radius 1 is 0.525 bits per heavy atom. The van der Waals surface area contributed by atoms with E-state index in [4.69, 9.17) is 0 Å². The summed E-state index contributed by atoms with van der Waals surface area (Å²) in [6, 6.07) is 69.9. The number of rotatable bonds is 6. The lowest BCUT2D eigenvalue weighted by molar-refractivity contribution is 0.515. The Balaban J connectivity index is 1.04. The van der Waals surface area contributed by atoms with Crippen LogP contribution in [0.2, 0.25) is 0 Å². The van der Waals surface area contributed by atoms with Gasteiger partial charge in [0.15, 0.2) is 0 Å². The second-order valence-electron chi connectivity index (χ2n) is 17.2. The Morgan fingerprint density at radius 3 is 1.82 bits per heavy atom. The van der Waals surface area contributed by atoms with Gasteiger partial charge in [0.1, 0.15) is 0 Å². The van der Waals surface area contributed by atoms with Crippen LogP contribution in [0.4, 0.5) is 28.4 Å². The van der Waals surface area contributed by atoms with Gasteiger partial charge in [-0.05, 0) is 136 Å². The molecule has 3 unspecified atom stereocenters. The second-order valence-corrected chi connectivity index (χ2v) is 17.2. The molecule has 3 aliphatic carbocycles. The molecule has 3 atom stereocenters. The third-order valence-electron chi connectivity index (χ3n) is 14.1. The lowest BCUT2D eigenvalue weighted by atomic mass is 9.69. The SMILES string of the molecule is CC1c2cc3c4cccc5c6c(N(c7ccccc7)c7ccccc7)cccc6n(c3cc2-c2cccc3c2CC1C1=C3C(N(c2ccccc2)c2ccccc2)CC=C1)c45. The first-order valence-corrected chi connectivity index (χ1v) is 21.8. The number of hydrogen-bond acceptors (Lipinski definition) is 2. The molecule has 2 aromatic heterocycles. The first-order chi connectivity index (χ1) is 30.2. The summed E-state index contributed by atoms with van der Waals surface area (Å²) in [4.78, 5) is 5.01. The van der Waals surface area contributed by atoms with Gasteiger partial charge < -0.3 is 14.2 Å². The molecule has 2 bridgehead atoms. The van der Waals surface area contributed by atoms with Crippen LogP contribution in [-0.2, 0) is 6.42 Å². The van der Waals surface area contributed by atoms with Crippen molar-refractivity contribution in [1.29, 1.82) is 0 Å². The van der Waals surface area contributed by atoms with E-state index < -0.39 is 0 Å². The van der Waals surface area contributed by atoms with Crippen LogP contribution >= 0.6 is 0 Å². The van der Waals surface area contributed by atoms with E-state index in [0.29, 0.717) is 11.8 Å². The number of benzene rings is 8. The molecule has 0 spiro atoms. The molecule has 0 saturated heterocycles. The molecule has 0 radical (unpaired) electrons. The third kappa shape index (κ3) is 4.98. The maximum absolute atomic E-state index is 2.59. The molecule has 61 heavy (non-hydrogen) atoms. The smallest absolute Gasteiger partial charge is 0.0634 e. The van der Waals surface area contributed by atoms with Crippen LogP contribution in [0.3, 0.4) is 0 Å². The van der Waals surface area contributed by atoms with Crippen molar-refractivity contribution in [3.05, 3.63) is 222 Å². The van der Waals surface area contributed by atoms with Gasteiger partial charge in [-0.1, -0.05) is 134 Å². The van der Waals surface area contributed by atoms with Gasteiger partial charge >= 0.3 is 0 Å². The molecule has 290 valence electrons. The van der Waals surface area contributed by atoms with Crippen molar-refractivity contribution in [3.63, 3.8) is 0 Å². The Bertz CT molecular complexity index is 3300. The zero-order valence-electron chi connectivity index (χ0n) is 34.0. The minimum Gasteiger partial charge on any atom is -0.334 e. The highest BCUT2D eigenvalue weighted by molar-refractivity contribution is 6.26.